The number of phenolic OH excluding ortho intramolecular Hbond substituents is 1. The van der Waals surface area contributed by atoms with Crippen LogP contribution in [0.3, 0.4) is 0 Å². The number of carbonyl (C=O) groups is 1. The number of aliphatic hydroxyl groups is 1. The maximum Gasteiger partial charge on any atom is 0.186 e. The second kappa shape index (κ2) is 17.7. The second-order valence-corrected chi connectivity index (χ2v) is 15.2. The number of aliphatic hydroxyl groups excluding tert-OH is 1. The first-order chi connectivity index (χ1) is 24.2. The number of methoxy groups -OCH3 is 1. The fourth-order valence-corrected chi connectivity index (χ4v) is 9.37. The minimum atomic E-state index is -0.193. The van der Waals surface area contributed by atoms with E-state index < -0.39 is 0 Å². The van der Waals surface area contributed by atoms with E-state index >= 15 is 0 Å². The summed E-state index contributed by atoms with van der Waals surface area (Å²) in [6, 6.07) is 1.74. The smallest absolute Gasteiger partial charge is 0.186 e. The Kier molecular flexibility index (Phi) is 13.5. The van der Waals surface area contributed by atoms with E-state index in [4.69, 9.17) is 20.9 Å². The number of nitrogens with one attached hydrogen (secondary N) is 1. The Bertz CT molecular complexity index is 1500. The molecule has 2 fully saturated rings. The number of hydrogen-bond acceptors (Lipinski definition) is 7. The van der Waals surface area contributed by atoms with Crippen LogP contribution in [0.1, 0.15) is 107 Å². The average molecular weight is 689 g/mol. The molecule has 1 unspecified atom stereocenters. The van der Waals surface area contributed by atoms with E-state index in [-0.39, 0.29) is 66.3 Å². The van der Waals surface area contributed by atoms with Crippen molar-refractivity contribution >= 4 is 11.7 Å². The van der Waals surface area contributed by atoms with Gasteiger partial charge in [0.15, 0.2) is 23.2 Å². The number of rotatable bonds is 14. The minimum Gasteiger partial charge on any atom is -0.504 e. The van der Waals surface area contributed by atoms with Crippen LogP contribution in [-0.2, 0) is 16.0 Å². The molecule has 0 amide bonds. The lowest BCUT2D eigenvalue weighted by Gasteiger charge is -2.49. The first kappa shape index (κ1) is 37.9. The number of aryl methyl sites for hydroxylation is 1. The third-order valence-electron chi connectivity index (χ3n) is 11.4. The quantitative estimate of drug-likeness (QED) is 0.0565. The van der Waals surface area contributed by atoms with Gasteiger partial charge >= 0.3 is 0 Å². The van der Waals surface area contributed by atoms with Gasteiger partial charge in [-0.3, -0.25) is 4.79 Å². The summed E-state index contributed by atoms with van der Waals surface area (Å²) in [6.45, 7) is 5.65. The summed E-state index contributed by atoms with van der Waals surface area (Å²) in [7, 11) is 3.77. The van der Waals surface area contributed by atoms with Gasteiger partial charge in [0.1, 0.15) is 0 Å². The monoisotopic (exact) mass is 688 g/mol. The Morgan fingerprint density at radius 1 is 1.18 bits per heavy atom. The Hall–Kier alpha value is -3.32. The number of ketones is 1. The Morgan fingerprint density at radius 2 is 1.96 bits per heavy atom. The molecule has 5 rings (SSSR count). The third-order valence-corrected chi connectivity index (χ3v) is 11.4. The van der Waals surface area contributed by atoms with Gasteiger partial charge in [-0.25, -0.2) is 4.99 Å². The highest BCUT2D eigenvalue weighted by atomic mass is 16.5. The first-order valence-electron chi connectivity index (χ1n) is 19.0. The van der Waals surface area contributed by atoms with Crippen LogP contribution in [0.5, 0.6) is 11.5 Å². The first-order valence-corrected chi connectivity index (χ1v) is 19.0. The SMILES string of the molecule is CCCC(=CC(=O)CCc1cc(OC2CCCC2)c(O)c2c1C#CC[C@H](N=C(N)N)C[C@@H]1C=C3[C@@H](CNC)C[C@H](C)C[C@@H]3[C@@H]2C1COC)CO. The topological polar surface area (TPSA) is 152 Å². The van der Waals surface area contributed by atoms with E-state index in [0.717, 1.165) is 80.2 Å². The maximum atomic E-state index is 13.3. The van der Waals surface area contributed by atoms with Gasteiger partial charge in [0.25, 0.3) is 0 Å². The van der Waals surface area contributed by atoms with Crippen molar-refractivity contribution in [1.29, 1.82) is 0 Å². The zero-order valence-corrected chi connectivity index (χ0v) is 30.7. The van der Waals surface area contributed by atoms with Gasteiger partial charge in [0.05, 0.1) is 25.4 Å². The van der Waals surface area contributed by atoms with Crippen LogP contribution in [0.25, 0.3) is 0 Å². The van der Waals surface area contributed by atoms with Crippen molar-refractivity contribution in [3.8, 4) is 23.3 Å². The van der Waals surface area contributed by atoms with Crippen molar-refractivity contribution in [3.63, 3.8) is 0 Å². The molecule has 0 saturated heterocycles. The molecule has 0 aromatic heterocycles. The van der Waals surface area contributed by atoms with Crippen LogP contribution in [0.2, 0.25) is 0 Å². The summed E-state index contributed by atoms with van der Waals surface area (Å²) in [5, 5.41) is 25.7. The van der Waals surface area contributed by atoms with E-state index in [0.29, 0.717) is 43.5 Å². The van der Waals surface area contributed by atoms with Crippen LogP contribution in [0, 0.1) is 41.4 Å². The molecule has 0 radical (unpaired) electrons. The average Bonchev–Trinajstić information content (AvgIpc) is 3.59. The number of allylic oxidation sites excluding steroid dienone is 2. The number of benzene rings is 1. The molecular formula is C41H60N4O5. The maximum absolute atomic E-state index is 13.3. The second-order valence-electron chi connectivity index (χ2n) is 15.2. The van der Waals surface area contributed by atoms with Gasteiger partial charge in [-0.1, -0.05) is 43.8 Å². The molecule has 7 atom stereocenters. The number of aromatic hydroxyl groups is 1. The predicted molar refractivity (Wildman–Crippen MR) is 199 cm³/mol. The van der Waals surface area contributed by atoms with Crippen molar-refractivity contribution in [2.24, 2.45) is 46.0 Å². The van der Waals surface area contributed by atoms with Gasteiger partial charge in [-0.15, -0.1) is 0 Å². The van der Waals surface area contributed by atoms with Crippen molar-refractivity contribution in [2.75, 3.05) is 33.9 Å². The number of fused-ring (bicyclic) bond motifs is 6. The number of aliphatic imine (C=N–C) groups is 1. The van der Waals surface area contributed by atoms with Crippen LogP contribution in [0.4, 0.5) is 0 Å². The molecule has 4 aliphatic rings. The summed E-state index contributed by atoms with van der Waals surface area (Å²) >= 11 is 0. The molecule has 0 heterocycles. The fraction of sp³-hybridized carbons (Fsp3) is 0.659. The molecular weight excluding hydrogens is 628 g/mol. The molecule has 0 aliphatic heterocycles. The highest BCUT2D eigenvalue weighted by Crippen LogP contribution is 2.57. The van der Waals surface area contributed by atoms with E-state index in [2.05, 4.69) is 35.1 Å². The Labute approximate surface area is 299 Å². The molecule has 1 aromatic rings. The zero-order valence-electron chi connectivity index (χ0n) is 30.7. The van der Waals surface area contributed by atoms with Gasteiger partial charge in [0, 0.05) is 43.5 Å². The van der Waals surface area contributed by atoms with Gasteiger partial charge in [0.2, 0.25) is 0 Å². The van der Waals surface area contributed by atoms with E-state index in [9.17, 15) is 15.0 Å². The molecule has 9 heteroatoms. The lowest BCUT2D eigenvalue weighted by atomic mass is 9.56. The number of hydrogen-bond donors (Lipinski definition) is 5. The fourth-order valence-electron chi connectivity index (χ4n) is 9.37. The summed E-state index contributed by atoms with van der Waals surface area (Å²) < 4.78 is 12.6. The van der Waals surface area contributed by atoms with Crippen LogP contribution in [0.15, 0.2) is 34.4 Å². The van der Waals surface area contributed by atoms with Crippen LogP contribution < -0.4 is 21.5 Å². The van der Waals surface area contributed by atoms with Crippen molar-refractivity contribution in [3.05, 3.63) is 46.1 Å². The molecule has 7 N–H and O–H groups in total. The van der Waals surface area contributed by atoms with E-state index in [1.807, 2.05) is 20.0 Å². The standard InChI is InChI=1S/C41H60N4O5/c1-5-9-26(23-46)18-31(47)15-14-27-21-37(50-32-11-6-7-12-32)40(48)39-33(27)13-8-10-30(45-41(42)43)19-28-20-34-29(22-44-3)16-25(2)17-35(34)38(39)36(28)24-49-4/h18,20-21,25,28-30,32,35-36,38,44,46,48H,5-7,9-12,14-17,19,22-24H2,1-4H3,(H4,42,43,45)/t25-,28+,29+,30-,35-,36?,38+/m0/s1. The molecule has 1 aromatic carbocycles. The number of guanidine groups is 1. The van der Waals surface area contributed by atoms with Crippen molar-refractivity contribution < 1.29 is 24.5 Å². The summed E-state index contributed by atoms with van der Waals surface area (Å²) in [6.07, 6.45) is 13.8. The van der Waals surface area contributed by atoms with Crippen LogP contribution >= 0.6 is 0 Å². The number of nitrogens with zero attached hydrogens (tertiary/aromatic N) is 1. The normalized spacial score (nSPS) is 28.1. The van der Waals surface area contributed by atoms with Gasteiger partial charge < -0.3 is 36.5 Å². The van der Waals surface area contributed by atoms with Gasteiger partial charge in [-0.05, 0) is 118 Å². The number of carbonyl (C=O) groups excluding carboxylic acids is 1. The van der Waals surface area contributed by atoms with Crippen LogP contribution in [-0.4, -0.2) is 68.0 Å². The van der Waals surface area contributed by atoms with Crippen molar-refractivity contribution in [2.45, 2.75) is 109 Å². The lowest BCUT2D eigenvalue weighted by Crippen LogP contribution is -2.43. The van der Waals surface area contributed by atoms with Gasteiger partial charge in [-0.2, -0.15) is 0 Å². The predicted octanol–water partition coefficient (Wildman–Crippen LogP) is 5.51. The van der Waals surface area contributed by atoms with E-state index in [1.54, 1.807) is 13.2 Å². The van der Waals surface area contributed by atoms with E-state index in [1.165, 1.54) is 5.57 Å². The Balaban J connectivity index is 1.73. The Morgan fingerprint density at radius 3 is 2.64 bits per heavy atom. The molecule has 50 heavy (non-hydrogen) atoms. The summed E-state index contributed by atoms with van der Waals surface area (Å²) in [5.74, 6) is 8.73. The molecule has 274 valence electrons. The summed E-state index contributed by atoms with van der Waals surface area (Å²) in [4.78, 5) is 17.9. The zero-order chi connectivity index (χ0) is 35.8. The minimum absolute atomic E-state index is 0.0283. The molecule has 0 spiro atoms. The third kappa shape index (κ3) is 8.93. The molecule has 4 aliphatic carbocycles. The number of nitrogens with two attached hydrogens (primary N) is 2. The lowest BCUT2D eigenvalue weighted by molar-refractivity contribution is -0.114. The van der Waals surface area contributed by atoms with Crippen molar-refractivity contribution in [1.82, 2.24) is 5.32 Å². The number of ether oxygens (including phenoxy) is 2. The molecule has 2 bridgehead atoms. The largest absolute Gasteiger partial charge is 0.504 e. The number of phenols is 1. The highest BCUT2D eigenvalue weighted by Gasteiger charge is 2.48. The highest BCUT2D eigenvalue weighted by molar-refractivity contribution is 5.90. The summed E-state index contributed by atoms with van der Waals surface area (Å²) in [5.41, 5.74) is 16.6. The molecule has 9 nitrogen and oxygen atoms in total. The molecule has 2 saturated carbocycles.